The van der Waals surface area contributed by atoms with Crippen molar-refractivity contribution in [3.8, 4) is 0 Å². The molecule has 0 saturated carbocycles. The van der Waals surface area contributed by atoms with Gasteiger partial charge in [0.1, 0.15) is 12.4 Å². The molecule has 2 heterocycles. The maximum Gasteiger partial charge on any atom is 0.189 e. The highest BCUT2D eigenvalue weighted by molar-refractivity contribution is 14.0. The average Bonchev–Trinajstić information content (AvgIpc) is 2.96. The molecule has 3 rings (SSSR count). The Morgan fingerprint density at radius 2 is 2.16 bits per heavy atom. The standard InChI is InChI=1S/C16H20Cl2N6.HI/c1-10(12-6-5-11(17)8-13(12)18)21-16(19)20-9-15-23-22-14-4-2-3-7-24(14)15;/h5-6,8,10H,2-4,7,9H2,1H3,(H3,19,20,21);1H. The lowest BCUT2D eigenvalue weighted by atomic mass is 10.1. The molecule has 0 radical (unpaired) electrons. The van der Waals surface area contributed by atoms with Crippen molar-refractivity contribution in [1.29, 1.82) is 0 Å². The van der Waals surface area contributed by atoms with Crippen molar-refractivity contribution >= 4 is 53.1 Å². The van der Waals surface area contributed by atoms with Gasteiger partial charge in [-0.1, -0.05) is 29.3 Å². The summed E-state index contributed by atoms with van der Waals surface area (Å²) in [7, 11) is 0. The molecule has 6 nitrogen and oxygen atoms in total. The maximum atomic E-state index is 6.22. The third-order valence-corrected chi connectivity index (χ3v) is 4.68. The van der Waals surface area contributed by atoms with Crippen LogP contribution in [-0.4, -0.2) is 20.7 Å². The first kappa shape index (κ1) is 20.3. The summed E-state index contributed by atoms with van der Waals surface area (Å²) in [6.45, 7) is 3.33. The van der Waals surface area contributed by atoms with Gasteiger partial charge in [0.2, 0.25) is 0 Å². The molecule has 2 aromatic rings. The van der Waals surface area contributed by atoms with E-state index in [2.05, 4.69) is 25.1 Å². The number of benzene rings is 1. The largest absolute Gasteiger partial charge is 0.370 e. The molecule has 1 atom stereocenters. The number of aliphatic imine (C=N–C) groups is 1. The fraction of sp³-hybridized carbons (Fsp3) is 0.438. The summed E-state index contributed by atoms with van der Waals surface area (Å²) >= 11 is 12.1. The zero-order valence-electron chi connectivity index (χ0n) is 13.9. The lowest BCUT2D eigenvalue weighted by molar-refractivity contribution is 0.508. The molecular weight excluding hydrogens is 474 g/mol. The minimum Gasteiger partial charge on any atom is -0.370 e. The van der Waals surface area contributed by atoms with Crippen molar-refractivity contribution in [2.75, 3.05) is 0 Å². The Hall–Kier alpha value is -1.06. The Bertz CT molecular complexity index is 761. The van der Waals surface area contributed by atoms with E-state index in [1.165, 1.54) is 6.42 Å². The monoisotopic (exact) mass is 494 g/mol. The Morgan fingerprint density at radius 3 is 2.92 bits per heavy atom. The molecule has 25 heavy (non-hydrogen) atoms. The molecule has 0 spiro atoms. The first-order chi connectivity index (χ1) is 11.5. The molecule has 0 aliphatic carbocycles. The van der Waals surface area contributed by atoms with Gasteiger partial charge in [-0.3, -0.25) is 0 Å². The summed E-state index contributed by atoms with van der Waals surface area (Å²) in [5.41, 5.74) is 6.91. The topological polar surface area (TPSA) is 81.1 Å². The van der Waals surface area contributed by atoms with Gasteiger partial charge in [0.05, 0.1) is 6.04 Å². The van der Waals surface area contributed by atoms with Crippen molar-refractivity contribution in [2.24, 2.45) is 10.7 Å². The molecule has 1 aliphatic heterocycles. The Kier molecular flexibility index (Phi) is 7.33. The van der Waals surface area contributed by atoms with Crippen LogP contribution in [0.15, 0.2) is 23.2 Å². The van der Waals surface area contributed by atoms with E-state index in [9.17, 15) is 0 Å². The molecule has 0 saturated heterocycles. The van der Waals surface area contributed by atoms with E-state index in [4.69, 9.17) is 28.9 Å². The predicted molar refractivity (Wildman–Crippen MR) is 112 cm³/mol. The van der Waals surface area contributed by atoms with Gasteiger partial charge < -0.3 is 15.6 Å². The second-order valence-electron chi connectivity index (χ2n) is 5.87. The maximum absolute atomic E-state index is 6.22. The van der Waals surface area contributed by atoms with Crippen LogP contribution in [0, 0.1) is 0 Å². The highest BCUT2D eigenvalue weighted by Gasteiger charge is 2.15. The van der Waals surface area contributed by atoms with Gasteiger partial charge in [-0.15, -0.1) is 34.2 Å². The summed E-state index contributed by atoms with van der Waals surface area (Å²) < 4.78 is 2.14. The van der Waals surface area contributed by atoms with Gasteiger partial charge in [-0.25, -0.2) is 4.99 Å². The molecule has 1 aliphatic rings. The second kappa shape index (κ2) is 9.05. The number of nitrogens with zero attached hydrogens (tertiary/aromatic N) is 4. The quantitative estimate of drug-likeness (QED) is 0.385. The number of rotatable bonds is 4. The van der Waals surface area contributed by atoms with Crippen molar-refractivity contribution in [3.63, 3.8) is 0 Å². The number of hydrogen-bond acceptors (Lipinski definition) is 3. The Labute approximate surface area is 174 Å². The molecule has 0 amide bonds. The van der Waals surface area contributed by atoms with Crippen molar-refractivity contribution in [2.45, 2.75) is 45.3 Å². The van der Waals surface area contributed by atoms with Crippen LogP contribution in [0.2, 0.25) is 10.0 Å². The highest BCUT2D eigenvalue weighted by atomic mass is 127. The summed E-state index contributed by atoms with van der Waals surface area (Å²) in [6.07, 6.45) is 3.31. The number of aromatic nitrogens is 3. The molecular formula is C16H21Cl2IN6. The van der Waals surface area contributed by atoms with Gasteiger partial charge in [0.25, 0.3) is 0 Å². The smallest absolute Gasteiger partial charge is 0.189 e. The fourth-order valence-electron chi connectivity index (χ4n) is 2.84. The molecule has 3 N–H and O–H groups in total. The van der Waals surface area contributed by atoms with E-state index in [0.29, 0.717) is 22.5 Å². The molecule has 136 valence electrons. The lowest BCUT2D eigenvalue weighted by Crippen LogP contribution is -2.34. The first-order valence-corrected chi connectivity index (χ1v) is 8.72. The number of fused-ring (bicyclic) bond motifs is 1. The van der Waals surface area contributed by atoms with Crippen molar-refractivity contribution in [1.82, 2.24) is 20.1 Å². The average molecular weight is 495 g/mol. The zero-order chi connectivity index (χ0) is 17.1. The van der Waals surface area contributed by atoms with E-state index in [-0.39, 0.29) is 30.0 Å². The minimum atomic E-state index is -0.0779. The summed E-state index contributed by atoms with van der Waals surface area (Å²) in [4.78, 5) is 4.38. The zero-order valence-corrected chi connectivity index (χ0v) is 17.7. The molecule has 1 unspecified atom stereocenters. The van der Waals surface area contributed by atoms with Crippen LogP contribution in [0.1, 0.15) is 43.0 Å². The highest BCUT2D eigenvalue weighted by Crippen LogP contribution is 2.25. The number of nitrogens with one attached hydrogen (secondary N) is 1. The van der Waals surface area contributed by atoms with E-state index in [0.717, 1.165) is 36.6 Å². The van der Waals surface area contributed by atoms with Crippen LogP contribution in [0.25, 0.3) is 0 Å². The summed E-state index contributed by atoms with van der Waals surface area (Å²) in [5, 5.41) is 12.8. The third-order valence-electron chi connectivity index (χ3n) is 4.12. The first-order valence-electron chi connectivity index (χ1n) is 7.97. The number of nitrogens with two attached hydrogens (primary N) is 1. The number of aryl methyl sites for hydroxylation is 1. The number of halogens is 3. The minimum absolute atomic E-state index is 0. The molecule has 9 heteroatoms. The summed E-state index contributed by atoms with van der Waals surface area (Å²) in [5.74, 6) is 2.24. The van der Waals surface area contributed by atoms with Crippen LogP contribution < -0.4 is 11.1 Å². The van der Waals surface area contributed by atoms with Crippen molar-refractivity contribution in [3.05, 3.63) is 45.5 Å². The van der Waals surface area contributed by atoms with Crippen LogP contribution in [0.4, 0.5) is 0 Å². The Balaban J connectivity index is 0.00000225. The second-order valence-corrected chi connectivity index (χ2v) is 6.72. The van der Waals surface area contributed by atoms with Gasteiger partial charge in [0, 0.05) is 23.0 Å². The third kappa shape index (κ3) is 4.98. The van der Waals surface area contributed by atoms with Gasteiger partial charge in [-0.2, -0.15) is 0 Å². The van der Waals surface area contributed by atoms with Crippen LogP contribution >= 0.6 is 47.2 Å². The van der Waals surface area contributed by atoms with E-state index < -0.39 is 0 Å². The van der Waals surface area contributed by atoms with Gasteiger partial charge in [0.15, 0.2) is 11.8 Å². The van der Waals surface area contributed by atoms with E-state index in [1.807, 2.05) is 13.0 Å². The molecule has 1 aromatic carbocycles. The lowest BCUT2D eigenvalue weighted by Gasteiger charge is -2.17. The number of hydrogen-bond donors (Lipinski definition) is 2. The summed E-state index contributed by atoms with van der Waals surface area (Å²) in [6, 6.07) is 5.32. The van der Waals surface area contributed by atoms with Crippen LogP contribution in [0.3, 0.4) is 0 Å². The molecule has 0 fully saturated rings. The van der Waals surface area contributed by atoms with Crippen molar-refractivity contribution < 1.29 is 0 Å². The Morgan fingerprint density at radius 1 is 1.36 bits per heavy atom. The fourth-order valence-corrected chi connectivity index (χ4v) is 3.41. The van der Waals surface area contributed by atoms with E-state index in [1.54, 1.807) is 12.1 Å². The normalized spacial score (nSPS) is 15.2. The SMILES string of the molecule is CC(NC(N)=NCc1nnc2n1CCCC2)c1ccc(Cl)cc1Cl.I. The van der Waals surface area contributed by atoms with Crippen LogP contribution in [0.5, 0.6) is 0 Å². The molecule has 0 bridgehead atoms. The van der Waals surface area contributed by atoms with E-state index >= 15 is 0 Å². The number of guanidine groups is 1. The predicted octanol–water partition coefficient (Wildman–Crippen LogP) is 3.70. The van der Waals surface area contributed by atoms with Crippen LogP contribution in [-0.2, 0) is 19.5 Å². The van der Waals surface area contributed by atoms with Gasteiger partial charge >= 0.3 is 0 Å². The van der Waals surface area contributed by atoms with Gasteiger partial charge in [-0.05, 0) is 37.5 Å². The molecule has 1 aromatic heterocycles.